The summed E-state index contributed by atoms with van der Waals surface area (Å²) in [4.78, 5) is 20.7. The Kier molecular flexibility index (Phi) is 9.51. The maximum Gasteiger partial charge on any atom is 0.243 e. The summed E-state index contributed by atoms with van der Waals surface area (Å²) in [6.07, 6.45) is 5.19. The Balaban J connectivity index is 1.12. The molecule has 2 aliphatic heterocycles. The quantitative estimate of drug-likeness (QED) is 0.463. The lowest BCUT2D eigenvalue weighted by atomic mass is 9.97. The molecule has 0 radical (unpaired) electrons. The number of nitrogens with zero attached hydrogens (tertiary/aromatic N) is 4. The smallest absolute Gasteiger partial charge is 0.243 e. The molecular formula is C29H49N5O2Si. The van der Waals surface area contributed by atoms with Gasteiger partial charge in [-0.05, 0) is 69.2 Å². The zero-order valence-electron chi connectivity index (χ0n) is 23.8. The van der Waals surface area contributed by atoms with Crippen molar-refractivity contribution < 1.29 is 9.22 Å². The Morgan fingerprint density at radius 1 is 0.973 bits per heavy atom. The molecule has 1 aromatic heterocycles. The molecule has 1 unspecified atom stereocenters. The maximum absolute atomic E-state index is 13.0. The molecule has 2 aliphatic rings. The number of hydrogen-bond acceptors (Lipinski definition) is 5. The third kappa shape index (κ3) is 7.66. The molecule has 2 saturated heterocycles. The monoisotopic (exact) mass is 527 g/mol. The highest BCUT2D eigenvalue weighted by Crippen LogP contribution is 2.36. The highest BCUT2D eigenvalue weighted by atomic mass is 28.4. The normalized spacial score (nSPS) is 20.9. The van der Waals surface area contributed by atoms with Crippen molar-refractivity contribution in [2.75, 3.05) is 70.9 Å². The number of likely N-dealkylation sites (tertiary alicyclic amines) is 1. The summed E-state index contributed by atoms with van der Waals surface area (Å²) in [5, 5.41) is 1.43. The molecular weight excluding hydrogens is 478 g/mol. The zero-order valence-corrected chi connectivity index (χ0v) is 24.8. The van der Waals surface area contributed by atoms with Gasteiger partial charge in [-0.1, -0.05) is 39.0 Å². The first-order chi connectivity index (χ1) is 17.6. The molecule has 1 N–H and O–H groups in total. The summed E-state index contributed by atoms with van der Waals surface area (Å²) in [5.74, 6) is 0.201. The summed E-state index contributed by atoms with van der Waals surface area (Å²) < 4.78 is 8.25. The van der Waals surface area contributed by atoms with Gasteiger partial charge in [0.25, 0.3) is 0 Å². The molecule has 1 amide bonds. The molecule has 0 bridgehead atoms. The van der Waals surface area contributed by atoms with Gasteiger partial charge < -0.3 is 14.2 Å². The van der Waals surface area contributed by atoms with E-state index in [1.54, 1.807) is 0 Å². The van der Waals surface area contributed by atoms with Crippen LogP contribution < -0.4 is 5.43 Å². The number of amides is 1. The van der Waals surface area contributed by atoms with Gasteiger partial charge in [0.1, 0.15) is 0 Å². The molecule has 1 aromatic carbocycles. The number of piperidine rings is 1. The summed E-state index contributed by atoms with van der Waals surface area (Å²) in [6, 6.07) is 10.2. The van der Waals surface area contributed by atoms with Crippen LogP contribution in [0.5, 0.6) is 0 Å². The van der Waals surface area contributed by atoms with Crippen LogP contribution in [-0.2, 0) is 9.22 Å². The average molecular weight is 528 g/mol. The molecule has 2 fully saturated rings. The minimum absolute atomic E-state index is 0.0620. The first kappa shape index (κ1) is 28.3. The van der Waals surface area contributed by atoms with Crippen LogP contribution in [0.4, 0.5) is 0 Å². The van der Waals surface area contributed by atoms with E-state index < -0.39 is 8.32 Å². The first-order valence-electron chi connectivity index (χ1n) is 14.3. The van der Waals surface area contributed by atoms with Gasteiger partial charge in [0.05, 0.1) is 11.4 Å². The number of benzene rings is 1. The maximum atomic E-state index is 13.0. The van der Waals surface area contributed by atoms with E-state index in [1.807, 2.05) is 35.1 Å². The molecule has 0 spiro atoms. The predicted octanol–water partition coefficient (Wildman–Crippen LogP) is 4.45. The Hall–Kier alpha value is -1.71. The van der Waals surface area contributed by atoms with Crippen LogP contribution in [-0.4, -0.2) is 99.1 Å². The lowest BCUT2D eigenvalue weighted by Gasteiger charge is -2.38. The van der Waals surface area contributed by atoms with E-state index in [9.17, 15) is 4.79 Å². The number of piperazine rings is 1. The summed E-state index contributed by atoms with van der Waals surface area (Å²) in [6.45, 7) is 22.3. The number of carbonyl (C=O) groups is 1. The molecule has 8 heteroatoms. The van der Waals surface area contributed by atoms with Crippen LogP contribution in [0.1, 0.15) is 40.0 Å². The lowest BCUT2D eigenvalue weighted by molar-refractivity contribution is -0.122. The van der Waals surface area contributed by atoms with Crippen LogP contribution in [0.15, 0.2) is 36.5 Å². The standard InChI is InChI=1S/C29H49N5O2Si/c1-29(2,3)37(4,5)36-23-22-32-20-18-31(19-21-32)15-9-16-33-14-8-11-26(24-33)28(35)30-34-17-13-25-10-6-7-12-27(25)34/h6-7,10,12-13,17,26H,8-9,11,14-16,18-24H2,1-5H3,(H,30,35). The highest BCUT2D eigenvalue weighted by Gasteiger charge is 2.37. The Morgan fingerprint density at radius 3 is 2.38 bits per heavy atom. The van der Waals surface area contributed by atoms with Crippen molar-refractivity contribution in [2.24, 2.45) is 5.92 Å². The second-order valence-corrected chi connectivity index (χ2v) is 17.3. The Morgan fingerprint density at radius 2 is 1.65 bits per heavy atom. The first-order valence-corrected chi connectivity index (χ1v) is 17.2. The molecule has 0 saturated carbocycles. The van der Waals surface area contributed by atoms with Crippen molar-refractivity contribution in [1.82, 2.24) is 19.4 Å². The van der Waals surface area contributed by atoms with Crippen LogP contribution in [0.25, 0.3) is 10.9 Å². The van der Waals surface area contributed by atoms with Gasteiger partial charge in [-0.25, -0.2) is 0 Å². The van der Waals surface area contributed by atoms with Gasteiger partial charge in [0.15, 0.2) is 8.32 Å². The van der Waals surface area contributed by atoms with E-state index >= 15 is 0 Å². The number of carbonyl (C=O) groups excluding carboxylic acids is 1. The topological polar surface area (TPSA) is 53.0 Å². The van der Waals surface area contributed by atoms with Gasteiger partial charge >= 0.3 is 0 Å². The third-order valence-electron chi connectivity index (χ3n) is 8.80. The largest absolute Gasteiger partial charge is 0.416 e. The molecule has 7 nitrogen and oxygen atoms in total. The number of rotatable bonds is 10. The number of nitrogens with one attached hydrogen (secondary N) is 1. The summed E-state index contributed by atoms with van der Waals surface area (Å²) >= 11 is 0. The zero-order chi connectivity index (χ0) is 26.5. The van der Waals surface area contributed by atoms with Crippen molar-refractivity contribution in [2.45, 2.75) is 58.2 Å². The van der Waals surface area contributed by atoms with Gasteiger partial charge in [-0.2, -0.15) is 0 Å². The van der Waals surface area contributed by atoms with Crippen LogP contribution in [0.3, 0.4) is 0 Å². The van der Waals surface area contributed by atoms with Crippen LogP contribution in [0, 0.1) is 5.92 Å². The summed E-state index contributed by atoms with van der Waals surface area (Å²) in [7, 11) is -1.65. The van der Waals surface area contributed by atoms with Gasteiger partial charge in [-0.15, -0.1) is 0 Å². The fourth-order valence-corrected chi connectivity index (χ4v) is 6.30. The molecule has 4 rings (SSSR count). The highest BCUT2D eigenvalue weighted by molar-refractivity contribution is 6.74. The lowest BCUT2D eigenvalue weighted by Crippen LogP contribution is -2.49. The van der Waals surface area contributed by atoms with E-state index in [0.717, 1.165) is 89.3 Å². The van der Waals surface area contributed by atoms with E-state index in [2.05, 4.69) is 60.1 Å². The van der Waals surface area contributed by atoms with E-state index in [-0.39, 0.29) is 16.9 Å². The summed E-state index contributed by atoms with van der Waals surface area (Å²) in [5.41, 5.74) is 4.18. The van der Waals surface area contributed by atoms with Gasteiger partial charge in [0, 0.05) is 57.5 Å². The van der Waals surface area contributed by atoms with Crippen LogP contribution in [0.2, 0.25) is 18.1 Å². The van der Waals surface area contributed by atoms with Crippen molar-refractivity contribution >= 4 is 25.1 Å². The molecule has 206 valence electrons. The molecule has 1 atom stereocenters. The number of hydrogen-bond donors (Lipinski definition) is 1. The molecule has 0 aliphatic carbocycles. The van der Waals surface area contributed by atoms with Crippen molar-refractivity contribution in [3.05, 3.63) is 36.5 Å². The number of para-hydroxylation sites is 1. The second-order valence-electron chi connectivity index (χ2n) is 12.5. The molecule has 37 heavy (non-hydrogen) atoms. The SMILES string of the molecule is CC(C)(C)[Si](C)(C)OCCN1CCN(CCCN2CCCC(C(=O)Nn3ccc4ccccc43)C2)CC1. The minimum atomic E-state index is -1.65. The van der Waals surface area contributed by atoms with E-state index in [1.165, 1.54) is 6.42 Å². The van der Waals surface area contributed by atoms with Gasteiger partial charge in [0.2, 0.25) is 5.91 Å². The Labute approximate surface area is 225 Å². The number of aromatic nitrogens is 1. The van der Waals surface area contributed by atoms with Crippen molar-refractivity contribution in [3.8, 4) is 0 Å². The molecule has 3 heterocycles. The van der Waals surface area contributed by atoms with Crippen LogP contribution >= 0.6 is 0 Å². The average Bonchev–Trinajstić information content (AvgIpc) is 3.27. The second kappa shape index (κ2) is 12.4. The van der Waals surface area contributed by atoms with Crippen molar-refractivity contribution in [3.63, 3.8) is 0 Å². The van der Waals surface area contributed by atoms with E-state index in [0.29, 0.717) is 0 Å². The minimum Gasteiger partial charge on any atom is -0.416 e. The fraction of sp³-hybridized carbons (Fsp3) is 0.690. The number of fused-ring (bicyclic) bond motifs is 1. The molecule has 2 aromatic rings. The Bertz CT molecular complexity index is 1010. The predicted molar refractivity (Wildman–Crippen MR) is 156 cm³/mol. The fourth-order valence-electron chi connectivity index (χ4n) is 5.26. The van der Waals surface area contributed by atoms with Crippen molar-refractivity contribution in [1.29, 1.82) is 0 Å². The van der Waals surface area contributed by atoms with E-state index in [4.69, 9.17) is 4.43 Å². The van der Waals surface area contributed by atoms with Gasteiger partial charge in [-0.3, -0.25) is 19.8 Å². The third-order valence-corrected chi connectivity index (χ3v) is 13.3.